The number of aromatic nitrogens is 4. The van der Waals surface area contributed by atoms with Crippen LogP contribution in [-0.2, 0) is 42.2 Å². The predicted octanol–water partition coefficient (Wildman–Crippen LogP) is 4.69. The van der Waals surface area contributed by atoms with Gasteiger partial charge in [-0.3, -0.25) is 5.32 Å². The zero-order valence-corrected chi connectivity index (χ0v) is 32.0. The van der Waals surface area contributed by atoms with E-state index in [-0.39, 0.29) is 17.6 Å². The standard InChI is InChI=1S/C34H47N7O10S/c1-32(2,3)48-28(44)24(51-38-25(27(42)43)26-36-29(52-39-26)37-31(46)50-34(7,8)9)20-47-23-14-12-21(13-15-23)22-18-40(10)41(19-22)17-11-16-35-30(45)49-33(4,5)6/h12-15,18-19,24H,11,16-17,20H2,1-10H3,(H2-,35,36,37,39,42,43,45,46)/p+1. The lowest BCUT2D eigenvalue weighted by Crippen LogP contribution is -2.39. The Morgan fingerprint density at radius 3 is 2.13 bits per heavy atom. The quantitative estimate of drug-likeness (QED) is 0.0513. The summed E-state index contributed by atoms with van der Waals surface area (Å²) in [5.41, 5.74) is -1.08. The number of esters is 1. The summed E-state index contributed by atoms with van der Waals surface area (Å²) in [5.74, 6) is -2.34. The number of hydrogen-bond donors (Lipinski definition) is 3. The van der Waals surface area contributed by atoms with Gasteiger partial charge in [0.2, 0.25) is 22.9 Å². The van der Waals surface area contributed by atoms with E-state index in [1.54, 1.807) is 53.7 Å². The third-order valence-corrected chi connectivity index (χ3v) is 6.86. The average molecular weight is 747 g/mol. The van der Waals surface area contributed by atoms with E-state index in [1.807, 2.05) is 61.7 Å². The van der Waals surface area contributed by atoms with E-state index in [9.17, 15) is 24.3 Å². The third-order valence-electron chi connectivity index (χ3n) is 6.23. The summed E-state index contributed by atoms with van der Waals surface area (Å²) in [6.45, 7) is 16.2. The van der Waals surface area contributed by atoms with Crippen LogP contribution in [0.15, 0.2) is 41.8 Å². The van der Waals surface area contributed by atoms with E-state index in [0.29, 0.717) is 36.8 Å². The third kappa shape index (κ3) is 14.2. The van der Waals surface area contributed by atoms with E-state index in [2.05, 4.69) is 25.1 Å². The lowest BCUT2D eigenvalue weighted by Gasteiger charge is -2.23. The molecule has 3 aromatic rings. The fourth-order valence-electron chi connectivity index (χ4n) is 4.16. The summed E-state index contributed by atoms with van der Waals surface area (Å²) in [4.78, 5) is 58.4. The smallest absolute Gasteiger partial charge is 0.414 e. The first kappa shape index (κ1) is 41.2. The lowest BCUT2D eigenvalue weighted by atomic mass is 10.1. The van der Waals surface area contributed by atoms with Crippen LogP contribution in [0.2, 0.25) is 0 Å². The SMILES string of the molecule is C[n+]1cc(-c2ccc(OCC(ON=C(C(=O)O)c3nsc(NC(=O)OC(C)(C)C)n3)C(=O)OC(C)(C)C)cc2)cn1CCCNC(=O)OC(C)(C)C. The van der Waals surface area contributed by atoms with E-state index >= 15 is 0 Å². The normalized spacial score (nSPS) is 12.8. The molecule has 0 spiro atoms. The maximum absolute atomic E-state index is 13.0. The fraction of sp³-hybridized carbons (Fsp3) is 0.529. The highest BCUT2D eigenvalue weighted by molar-refractivity contribution is 7.10. The first-order chi connectivity index (χ1) is 24.1. The van der Waals surface area contributed by atoms with Gasteiger partial charge in [0.1, 0.15) is 29.2 Å². The Kier molecular flexibility index (Phi) is 13.7. The number of hydrogen-bond acceptors (Lipinski definition) is 13. The van der Waals surface area contributed by atoms with Crippen molar-refractivity contribution in [3.63, 3.8) is 0 Å². The molecule has 284 valence electrons. The number of anilines is 1. The maximum atomic E-state index is 13.0. The zero-order chi connectivity index (χ0) is 38.9. The van der Waals surface area contributed by atoms with Crippen LogP contribution in [0.3, 0.4) is 0 Å². The summed E-state index contributed by atoms with van der Waals surface area (Å²) in [6.07, 6.45) is 1.93. The molecule has 2 aromatic heterocycles. The molecule has 0 aliphatic heterocycles. The maximum Gasteiger partial charge on any atom is 0.414 e. The summed E-state index contributed by atoms with van der Waals surface area (Å²) in [7, 11) is 1.92. The highest BCUT2D eigenvalue weighted by atomic mass is 32.1. The number of carbonyl (C=O) groups excluding carboxylic acids is 3. The van der Waals surface area contributed by atoms with Crippen LogP contribution >= 0.6 is 11.5 Å². The molecule has 2 heterocycles. The predicted molar refractivity (Wildman–Crippen MR) is 190 cm³/mol. The molecule has 0 radical (unpaired) electrons. The topological polar surface area (TPSA) is 206 Å². The molecule has 52 heavy (non-hydrogen) atoms. The number of nitrogens with one attached hydrogen (secondary N) is 2. The summed E-state index contributed by atoms with van der Waals surface area (Å²) < 4.78 is 29.6. The van der Waals surface area contributed by atoms with Crippen molar-refractivity contribution in [1.29, 1.82) is 0 Å². The molecule has 2 amide bonds. The highest BCUT2D eigenvalue weighted by Crippen LogP contribution is 2.23. The molecule has 18 heteroatoms. The van der Waals surface area contributed by atoms with Crippen molar-refractivity contribution in [3.8, 4) is 16.9 Å². The first-order valence-electron chi connectivity index (χ1n) is 16.4. The number of carboxylic acids is 1. The van der Waals surface area contributed by atoms with Crippen LogP contribution in [-0.4, -0.2) is 85.0 Å². The number of oxime groups is 1. The van der Waals surface area contributed by atoms with Gasteiger partial charge in [0.05, 0.1) is 18.3 Å². The molecule has 0 bridgehead atoms. The van der Waals surface area contributed by atoms with Crippen LogP contribution in [0.5, 0.6) is 5.75 Å². The Bertz CT molecular complexity index is 1730. The van der Waals surface area contributed by atoms with Crippen molar-refractivity contribution in [2.45, 2.75) is 98.2 Å². The molecule has 0 aliphatic carbocycles. The summed E-state index contributed by atoms with van der Waals surface area (Å²) >= 11 is 0.704. The van der Waals surface area contributed by atoms with Crippen molar-refractivity contribution < 1.29 is 52.8 Å². The van der Waals surface area contributed by atoms with Gasteiger partial charge in [0.25, 0.3) is 6.10 Å². The zero-order valence-electron chi connectivity index (χ0n) is 31.1. The number of aryl methyl sites for hydroxylation is 2. The van der Waals surface area contributed by atoms with Crippen molar-refractivity contribution in [2.24, 2.45) is 12.2 Å². The number of benzene rings is 1. The van der Waals surface area contributed by atoms with Gasteiger partial charge in [0, 0.05) is 18.1 Å². The van der Waals surface area contributed by atoms with Gasteiger partial charge in [-0.1, -0.05) is 17.3 Å². The molecule has 0 saturated carbocycles. The molecule has 0 saturated heterocycles. The minimum Gasteiger partial charge on any atom is -0.489 e. The number of amides is 2. The molecular weight excluding hydrogens is 698 g/mol. The average Bonchev–Trinajstić information content (AvgIpc) is 3.60. The van der Waals surface area contributed by atoms with E-state index in [4.69, 9.17) is 23.8 Å². The number of alkyl carbamates (subject to hydrolysis) is 1. The highest BCUT2D eigenvalue weighted by Gasteiger charge is 2.30. The number of carboxylic acid groups (broad SMARTS) is 1. The van der Waals surface area contributed by atoms with Crippen molar-refractivity contribution in [3.05, 3.63) is 42.5 Å². The van der Waals surface area contributed by atoms with Gasteiger partial charge in [-0.05, 0) is 86.4 Å². The Hall–Kier alpha value is -5.26. The van der Waals surface area contributed by atoms with Gasteiger partial charge in [-0.2, -0.15) is 14.0 Å². The molecular formula is C34H48N7O10S+. The largest absolute Gasteiger partial charge is 0.489 e. The number of rotatable bonds is 14. The molecule has 3 N–H and O–H groups in total. The summed E-state index contributed by atoms with van der Waals surface area (Å²) in [6, 6.07) is 7.13. The van der Waals surface area contributed by atoms with Gasteiger partial charge in [-0.25, -0.2) is 19.2 Å². The number of nitrogens with zero attached hydrogens (tertiary/aromatic N) is 5. The van der Waals surface area contributed by atoms with Gasteiger partial charge in [-0.15, -0.1) is 4.68 Å². The first-order valence-corrected chi connectivity index (χ1v) is 17.2. The van der Waals surface area contributed by atoms with Crippen molar-refractivity contribution >= 4 is 46.5 Å². The molecule has 1 atom stereocenters. The molecule has 0 aliphatic rings. The minimum absolute atomic E-state index is 0.0356. The van der Waals surface area contributed by atoms with E-state index in [1.165, 1.54) is 0 Å². The molecule has 1 unspecified atom stereocenters. The lowest BCUT2D eigenvalue weighted by molar-refractivity contribution is -0.753. The monoisotopic (exact) mass is 746 g/mol. The second-order valence-electron chi connectivity index (χ2n) is 14.5. The molecule has 3 rings (SSSR count). The van der Waals surface area contributed by atoms with Gasteiger partial charge in [0.15, 0.2) is 7.05 Å². The Labute approximate surface area is 306 Å². The Morgan fingerprint density at radius 2 is 1.54 bits per heavy atom. The van der Waals surface area contributed by atoms with Crippen LogP contribution < -0.4 is 20.1 Å². The minimum atomic E-state index is -1.54. The fourth-order valence-corrected chi connectivity index (χ4v) is 4.71. The van der Waals surface area contributed by atoms with Crippen LogP contribution in [0.25, 0.3) is 11.1 Å². The number of ether oxygens (including phenoxy) is 4. The molecule has 0 fully saturated rings. The van der Waals surface area contributed by atoms with Crippen LogP contribution in [0, 0.1) is 0 Å². The molecule has 17 nitrogen and oxygen atoms in total. The van der Waals surface area contributed by atoms with Crippen molar-refractivity contribution in [2.75, 3.05) is 18.5 Å². The van der Waals surface area contributed by atoms with Crippen LogP contribution in [0.1, 0.15) is 74.6 Å². The number of carbonyl (C=O) groups is 4. The van der Waals surface area contributed by atoms with Crippen LogP contribution in [0.4, 0.5) is 14.7 Å². The van der Waals surface area contributed by atoms with E-state index < -0.39 is 52.7 Å². The number of aliphatic carboxylic acids is 1. The van der Waals surface area contributed by atoms with E-state index in [0.717, 1.165) is 11.1 Å². The van der Waals surface area contributed by atoms with Gasteiger partial charge >= 0.3 is 24.1 Å². The van der Waals surface area contributed by atoms with Crippen molar-refractivity contribution in [1.82, 2.24) is 19.4 Å². The summed E-state index contributed by atoms with van der Waals surface area (Å²) in [5, 5.41) is 18.6. The van der Waals surface area contributed by atoms with Gasteiger partial charge < -0.3 is 34.2 Å². The second-order valence-corrected chi connectivity index (χ2v) is 15.2. The molecule has 1 aromatic carbocycles. The Morgan fingerprint density at radius 1 is 0.923 bits per heavy atom. The Balaban J connectivity index is 1.67. The second kappa shape index (κ2) is 17.3.